The van der Waals surface area contributed by atoms with Gasteiger partial charge >= 0.3 is 0 Å². The first-order valence-corrected chi connectivity index (χ1v) is 5.98. The van der Waals surface area contributed by atoms with Gasteiger partial charge in [-0.15, -0.1) is 11.6 Å². The first-order valence-electron chi connectivity index (χ1n) is 5.44. The monoisotopic (exact) mass is 225 g/mol. The van der Waals surface area contributed by atoms with Gasteiger partial charge in [-0.3, -0.25) is 0 Å². The van der Waals surface area contributed by atoms with Gasteiger partial charge in [-0.2, -0.15) is 0 Å². The summed E-state index contributed by atoms with van der Waals surface area (Å²) in [4.78, 5) is 0. The van der Waals surface area contributed by atoms with Crippen LogP contribution in [-0.4, -0.2) is 12.4 Å². The summed E-state index contributed by atoms with van der Waals surface area (Å²) in [5, 5.41) is 3.34. The highest BCUT2D eigenvalue weighted by atomic mass is 35.5. The van der Waals surface area contributed by atoms with Crippen molar-refractivity contribution in [2.24, 2.45) is 0 Å². The summed E-state index contributed by atoms with van der Waals surface area (Å²) < 4.78 is 0. The Kier molecular flexibility index (Phi) is 4.46. The second-order valence-electron chi connectivity index (χ2n) is 4.80. The van der Waals surface area contributed by atoms with Gasteiger partial charge in [0.2, 0.25) is 0 Å². The van der Waals surface area contributed by atoms with Gasteiger partial charge < -0.3 is 5.32 Å². The topological polar surface area (TPSA) is 12.0 Å². The van der Waals surface area contributed by atoms with E-state index in [0.717, 1.165) is 13.0 Å². The van der Waals surface area contributed by atoms with Gasteiger partial charge in [-0.05, 0) is 29.5 Å². The fourth-order valence-corrected chi connectivity index (χ4v) is 1.52. The van der Waals surface area contributed by atoms with E-state index in [1.54, 1.807) is 0 Å². The third-order valence-corrected chi connectivity index (χ3v) is 2.66. The summed E-state index contributed by atoms with van der Waals surface area (Å²) in [5.74, 6) is 0.715. The van der Waals surface area contributed by atoms with Gasteiger partial charge in [0.1, 0.15) is 0 Å². The Balaban J connectivity index is 2.57. The molecule has 0 aliphatic rings. The number of hydrogen-bond acceptors (Lipinski definition) is 1. The first-order chi connectivity index (χ1) is 7.04. The number of anilines is 1. The number of hydrogen-bond donors (Lipinski definition) is 1. The number of alkyl halides is 1. The molecule has 0 atom stereocenters. The maximum atomic E-state index is 5.61. The molecule has 1 aromatic carbocycles. The predicted molar refractivity (Wildman–Crippen MR) is 69.0 cm³/mol. The van der Waals surface area contributed by atoms with Crippen LogP contribution >= 0.6 is 11.6 Å². The Morgan fingerprint density at radius 1 is 1.13 bits per heavy atom. The van der Waals surface area contributed by atoms with Crippen LogP contribution in [-0.2, 0) is 5.41 Å². The van der Waals surface area contributed by atoms with E-state index < -0.39 is 0 Å². The predicted octanol–water partition coefficient (Wildman–Crippen LogP) is 4.02. The van der Waals surface area contributed by atoms with Crippen molar-refractivity contribution in [1.82, 2.24) is 0 Å². The van der Waals surface area contributed by atoms with Gasteiger partial charge in [0, 0.05) is 18.1 Å². The van der Waals surface area contributed by atoms with Gasteiger partial charge in [0.15, 0.2) is 0 Å². The lowest BCUT2D eigenvalue weighted by Gasteiger charge is -2.19. The normalized spacial score (nSPS) is 11.5. The average molecular weight is 226 g/mol. The van der Waals surface area contributed by atoms with E-state index >= 15 is 0 Å². The summed E-state index contributed by atoms with van der Waals surface area (Å²) in [6.45, 7) is 7.62. The molecule has 0 aliphatic heterocycles. The lowest BCUT2D eigenvalue weighted by atomic mass is 9.87. The Labute approximate surface area is 97.8 Å². The average Bonchev–Trinajstić information content (AvgIpc) is 2.18. The van der Waals surface area contributed by atoms with E-state index in [0.29, 0.717) is 5.88 Å². The third-order valence-electron chi connectivity index (χ3n) is 2.39. The lowest BCUT2D eigenvalue weighted by molar-refractivity contribution is 0.590. The number of rotatable bonds is 4. The number of benzene rings is 1. The standard InChI is InChI=1S/C13H20ClN/c1-13(2,3)11-5-7-12(8-6-11)15-10-4-9-14/h5-8,15H,4,9-10H2,1-3H3. The zero-order valence-corrected chi connectivity index (χ0v) is 10.6. The molecule has 1 aromatic rings. The fourth-order valence-electron chi connectivity index (χ4n) is 1.39. The Hall–Kier alpha value is -0.690. The summed E-state index contributed by atoms with van der Waals surface area (Å²) in [7, 11) is 0. The lowest BCUT2D eigenvalue weighted by Crippen LogP contribution is -2.11. The van der Waals surface area contributed by atoms with E-state index in [9.17, 15) is 0 Å². The molecule has 1 rings (SSSR count). The van der Waals surface area contributed by atoms with Crippen LogP contribution < -0.4 is 5.32 Å². The number of halogens is 1. The van der Waals surface area contributed by atoms with Crippen LogP contribution in [0.2, 0.25) is 0 Å². The molecule has 0 spiro atoms. The van der Waals surface area contributed by atoms with Crippen molar-refractivity contribution in [1.29, 1.82) is 0 Å². The third kappa shape index (κ3) is 4.13. The van der Waals surface area contributed by atoms with Crippen molar-refractivity contribution in [3.05, 3.63) is 29.8 Å². The molecule has 1 nitrogen and oxygen atoms in total. The molecule has 0 unspecified atom stereocenters. The van der Waals surface area contributed by atoms with Crippen molar-refractivity contribution < 1.29 is 0 Å². The van der Waals surface area contributed by atoms with Gasteiger partial charge in [0.05, 0.1) is 0 Å². The summed E-state index contributed by atoms with van der Waals surface area (Å²) >= 11 is 5.61. The van der Waals surface area contributed by atoms with Gasteiger partial charge in [0.25, 0.3) is 0 Å². The zero-order chi connectivity index (χ0) is 11.3. The second kappa shape index (κ2) is 5.41. The maximum absolute atomic E-state index is 5.61. The first kappa shape index (κ1) is 12.4. The van der Waals surface area contributed by atoms with E-state index in [1.807, 2.05) is 0 Å². The molecule has 15 heavy (non-hydrogen) atoms. The van der Waals surface area contributed by atoms with Crippen LogP contribution in [0.4, 0.5) is 5.69 Å². The van der Waals surface area contributed by atoms with Crippen molar-refractivity contribution in [3.63, 3.8) is 0 Å². The minimum absolute atomic E-state index is 0.231. The summed E-state index contributed by atoms with van der Waals surface area (Å²) in [6.07, 6.45) is 1.00. The maximum Gasteiger partial charge on any atom is 0.0340 e. The minimum Gasteiger partial charge on any atom is -0.385 e. The van der Waals surface area contributed by atoms with Crippen LogP contribution in [0.1, 0.15) is 32.8 Å². The second-order valence-corrected chi connectivity index (χ2v) is 5.17. The molecular weight excluding hydrogens is 206 g/mol. The van der Waals surface area contributed by atoms with Crippen LogP contribution in [0.5, 0.6) is 0 Å². The molecule has 2 heteroatoms. The van der Waals surface area contributed by atoms with Crippen molar-refractivity contribution in [2.45, 2.75) is 32.6 Å². The quantitative estimate of drug-likeness (QED) is 0.603. The molecule has 0 radical (unpaired) electrons. The van der Waals surface area contributed by atoms with Crippen LogP contribution in [0.15, 0.2) is 24.3 Å². The van der Waals surface area contributed by atoms with E-state index in [-0.39, 0.29) is 5.41 Å². The van der Waals surface area contributed by atoms with Gasteiger partial charge in [-0.1, -0.05) is 32.9 Å². The molecular formula is C13H20ClN. The minimum atomic E-state index is 0.231. The van der Waals surface area contributed by atoms with Crippen molar-refractivity contribution >= 4 is 17.3 Å². The van der Waals surface area contributed by atoms with Crippen LogP contribution in [0.3, 0.4) is 0 Å². The van der Waals surface area contributed by atoms with Crippen molar-refractivity contribution in [3.8, 4) is 0 Å². The molecule has 0 aromatic heterocycles. The Morgan fingerprint density at radius 3 is 2.20 bits per heavy atom. The van der Waals surface area contributed by atoms with Crippen LogP contribution in [0.25, 0.3) is 0 Å². The largest absolute Gasteiger partial charge is 0.385 e. The zero-order valence-electron chi connectivity index (χ0n) is 9.81. The molecule has 0 fully saturated rings. The van der Waals surface area contributed by atoms with Gasteiger partial charge in [-0.25, -0.2) is 0 Å². The Bertz CT molecular complexity index is 284. The summed E-state index contributed by atoms with van der Waals surface area (Å²) in [5.41, 5.74) is 2.77. The molecule has 84 valence electrons. The highest BCUT2D eigenvalue weighted by Gasteiger charge is 2.12. The fraction of sp³-hybridized carbons (Fsp3) is 0.538. The number of nitrogens with one attached hydrogen (secondary N) is 1. The molecule has 1 N–H and O–H groups in total. The van der Waals surface area contributed by atoms with Crippen molar-refractivity contribution in [2.75, 3.05) is 17.7 Å². The highest BCUT2D eigenvalue weighted by Crippen LogP contribution is 2.23. The Morgan fingerprint density at radius 2 is 1.73 bits per heavy atom. The highest BCUT2D eigenvalue weighted by molar-refractivity contribution is 6.17. The van der Waals surface area contributed by atoms with E-state index in [4.69, 9.17) is 11.6 Å². The van der Waals surface area contributed by atoms with E-state index in [1.165, 1.54) is 11.3 Å². The summed E-state index contributed by atoms with van der Waals surface area (Å²) in [6, 6.07) is 8.63. The molecule has 0 heterocycles. The SMILES string of the molecule is CC(C)(C)c1ccc(NCCCCl)cc1. The molecule has 0 saturated carbocycles. The molecule has 0 amide bonds. The molecule has 0 saturated heterocycles. The smallest absolute Gasteiger partial charge is 0.0340 e. The van der Waals surface area contributed by atoms with Crippen LogP contribution in [0, 0.1) is 0 Å². The molecule has 0 bridgehead atoms. The van der Waals surface area contributed by atoms with E-state index in [2.05, 4.69) is 50.4 Å². The molecule has 0 aliphatic carbocycles.